The van der Waals surface area contributed by atoms with Crippen molar-refractivity contribution in [2.75, 3.05) is 7.05 Å². The van der Waals surface area contributed by atoms with Crippen LogP contribution in [-0.4, -0.2) is 22.0 Å². The topological polar surface area (TPSA) is 36.4 Å². The van der Waals surface area contributed by atoms with E-state index in [-0.39, 0.29) is 6.61 Å². The van der Waals surface area contributed by atoms with Gasteiger partial charge in [-0.05, 0) is 30.3 Å². The molecule has 0 unspecified atom stereocenters. The van der Waals surface area contributed by atoms with E-state index in [2.05, 4.69) is 23.0 Å². The van der Waals surface area contributed by atoms with Crippen molar-refractivity contribution in [2.45, 2.75) is 19.7 Å². The quantitative estimate of drug-likeness (QED) is 0.873. The highest BCUT2D eigenvalue weighted by molar-refractivity contribution is 5.22. The largest absolute Gasteiger partial charge is 0.392 e. The summed E-state index contributed by atoms with van der Waals surface area (Å²) in [6.45, 7) is 1.77. The third-order valence-corrected chi connectivity index (χ3v) is 2.78. The van der Waals surface area contributed by atoms with Gasteiger partial charge in [0.2, 0.25) is 0 Å². The highest BCUT2D eigenvalue weighted by Gasteiger charge is 2.03. The number of benzene rings is 1. The minimum Gasteiger partial charge on any atom is -0.392 e. The van der Waals surface area contributed by atoms with E-state index in [4.69, 9.17) is 5.11 Å². The Morgan fingerprint density at radius 2 is 1.89 bits per heavy atom. The Morgan fingerprint density at radius 1 is 1.06 bits per heavy atom. The van der Waals surface area contributed by atoms with Crippen molar-refractivity contribution in [3.63, 3.8) is 0 Å². The molecule has 1 aromatic heterocycles. The molecule has 2 rings (SSSR count). The van der Waals surface area contributed by atoms with Gasteiger partial charge in [0.05, 0.1) is 12.3 Å². The summed E-state index contributed by atoms with van der Waals surface area (Å²) in [7, 11) is 2.07. The maximum atomic E-state index is 9.11. The summed E-state index contributed by atoms with van der Waals surface area (Å²) < 4.78 is 0. The molecule has 0 aliphatic rings. The van der Waals surface area contributed by atoms with E-state index < -0.39 is 0 Å². The van der Waals surface area contributed by atoms with E-state index in [0.29, 0.717) is 0 Å². The monoisotopic (exact) mass is 242 g/mol. The van der Waals surface area contributed by atoms with Gasteiger partial charge in [-0.3, -0.25) is 9.88 Å². The Labute approximate surface area is 108 Å². The van der Waals surface area contributed by atoms with Crippen LogP contribution in [-0.2, 0) is 19.7 Å². The van der Waals surface area contributed by atoms with Gasteiger partial charge in [-0.25, -0.2) is 0 Å². The molecule has 0 aliphatic carbocycles. The molecule has 1 aromatic carbocycles. The van der Waals surface area contributed by atoms with Gasteiger partial charge < -0.3 is 5.11 Å². The Bertz CT molecular complexity index is 485. The lowest BCUT2D eigenvalue weighted by molar-refractivity contribution is 0.281. The second-order valence-electron chi connectivity index (χ2n) is 4.47. The normalized spacial score (nSPS) is 10.8. The van der Waals surface area contributed by atoms with Gasteiger partial charge in [0.25, 0.3) is 0 Å². The molecule has 0 aliphatic heterocycles. The molecule has 0 fully saturated rings. The van der Waals surface area contributed by atoms with E-state index in [9.17, 15) is 0 Å². The van der Waals surface area contributed by atoms with Crippen LogP contribution < -0.4 is 0 Å². The van der Waals surface area contributed by atoms with Crippen molar-refractivity contribution >= 4 is 0 Å². The number of hydrogen-bond donors (Lipinski definition) is 1. The van der Waals surface area contributed by atoms with Crippen molar-refractivity contribution in [3.8, 4) is 0 Å². The Morgan fingerprint density at radius 3 is 2.61 bits per heavy atom. The first-order valence-electron chi connectivity index (χ1n) is 6.05. The van der Waals surface area contributed by atoms with E-state index in [1.165, 1.54) is 5.56 Å². The van der Waals surface area contributed by atoms with Crippen molar-refractivity contribution in [1.82, 2.24) is 9.88 Å². The molecule has 0 spiro atoms. The number of nitrogens with zero attached hydrogens (tertiary/aromatic N) is 2. The number of aliphatic hydroxyl groups excluding tert-OH is 1. The summed E-state index contributed by atoms with van der Waals surface area (Å²) in [6.07, 6.45) is 1.82. The molecule has 0 saturated carbocycles. The molecule has 2 aromatic rings. The third kappa shape index (κ3) is 3.65. The number of aliphatic hydroxyl groups is 1. The number of aromatic nitrogens is 1. The summed E-state index contributed by atoms with van der Waals surface area (Å²) in [5.41, 5.74) is 3.23. The Kier molecular flexibility index (Phi) is 4.45. The molecule has 3 nitrogen and oxygen atoms in total. The molecule has 0 radical (unpaired) electrons. The van der Waals surface area contributed by atoms with Crippen LogP contribution in [0.5, 0.6) is 0 Å². The summed E-state index contributed by atoms with van der Waals surface area (Å²) in [6, 6.07) is 14.0. The fourth-order valence-corrected chi connectivity index (χ4v) is 1.96. The first-order valence-corrected chi connectivity index (χ1v) is 6.05. The van der Waals surface area contributed by atoms with Crippen LogP contribution in [0.25, 0.3) is 0 Å². The van der Waals surface area contributed by atoms with E-state index in [0.717, 1.165) is 24.3 Å². The zero-order chi connectivity index (χ0) is 12.8. The van der Waals surface area contributed by atoms with Crippen LogP contribution in [0, 0.1) is 0 Å². The van der Waals surface area contributed by atoms with Crippen molar-refractivity contribution in [2.24, 2.45) is 0 Å². The summed E-state index contributed by atoms with van der Waals surface area (Å²) in [4.78, 5) is 6.52. The van der Waals surface area contributed by atoms with E-state index >= 15 is 0 Å². The lowest BCUT2D eigenvalue weighted by Gasteiger charge is -2.16. The second kappa shape index (κ2) is 6.28. The Hall–Kier alpha value is -1.71. The highest BCUT2D eigenvalue weighted by atomic mass is 16.3. The fourth-order valence-electron chi connectivity index (χ4n) is 1.96. The molecule has 1 heterocycles. The van der Waals surface area contributed by atoms with Crippen LogP contribution in [0.3, 0.4) is 0 Å². The van der Waals surface area contributed by atoms with Crippen molar-refractivity contribution in [3.05, 3.63) is 65.5 Å². The number of hydrogen-bond acceptors (Lipinski definition) is 3. The first-order chi connectivity index (χ1) is 8.78. The smallest absolute Gasteiger partial charge is 0.0681 e. The molecule has 1 N–H and O–H groups in total. The van der Waals surface area contributed by atoms with Gasteiger partial charge in [0.15, 0.2) is 0 Å². The minimum absolute atomic E-state index is 0.0950. The molecule has 3 heteroatoms. The summed E-state index contributed by atoms with van der Waals surface area (Å²) >= 11 is 0. The molecule has 18 heavy (non-hydrogen) atoms. The highest BCUT2D eigenvalue weighted by Crippen LogP contribution is 2.09. The molecule has 94 valence electrons. The van der Waals surface area contributed by atoms with Gasteiger partial charge in [-0.15, -0.1) is 0 Å². The standard InChI is InChI=1S/C15H18N2O/c1-17(11-15-7-2-3-8-16-15)10-13-5-4-6-14(9-13)12-18/h2-9,18H,10-12H2,1H3. The predicted octanol–water partition coefficient (Wildman–Crippen LogP) is 2.21. The number of pyridine rings is 1. The summed E-state index contributed by atoms with van der Waals surface area (Å²) in [5, 5.41) is 9.11. The average molecular weight is 242 g/mol. The summed E-state index contributed by atoms with van der Waals surface area (Å²) in [5.74, 6) is 0. The van der Waals surface area contributed by atoms with Gasteiger partial charge in [-0.2, -0.15) is 0 Å². The molecule has 0 saturated heterocycles. The zero-order valence-electron chi connectivity index (χ0n) is 10.6. The zero-order valence-corrected chi connectivity index (χ0v) is 10.6. The maximum absolute atomic E-state index is 9.11. The minimum atomic E-state index is 0.0950. The maximum Gasteiger partial charge on any atom is 0.0681 e. The van der Waals surface area contributed by atoms with Crippen molar-refractivity contribution in [1.29, 1.82) is 0 Å². The molecule has 0 atom stereocenters. The molecular weight excluding hydrogens is 224 g/mol. The first kappa shape index (κ1) is 12.7. The SMILES string of the molecule is CN(Cc1cccc(CO)c1)Cc1ccccn1. The molecule has 0 bridgehead atoms. The van der Waals surface area contributed by atoms with Gasteiger partial charge in [0, 0.05) is 19.3 Å². The lowest BCUT2D eigenvalue weighted by atomic mass is 10.1. The van der Waals surface area contributed by atoms with Crippen molar-refractivity contribution < 1.29 is 5.11 Å². The average Bonchev–Trinajstić information content (AvgIpc) is 2.40. The number of rotatable bonds is 5. The predicted molar refractivity (Wildman–Crippen MR) is 71.8 cm³/mol. The van der Waals surface area contributed by atoms with Crippen LogP contribution >= 0.6 is 0 Å². The Balaban J connectivity index is 1.96. The van der Waals surface area contributed by atoms with Gasteiger partial charge in [-0.1, -0.05) is 30.3 Å². The van der Waals surface area contributed by atoms with Crippen LogP contribution in [0.15, 0.2) is 48.7 Å². The van der Waals surface area contributed by atoms with Gasteiger partial charge >= 0.3 is 0 Å². The second-order valence-corrected chi connectivity index (χ2v) is 4.47. The van der Waals surface area contributed by atoms with Crippen LogP contribution in [0.1, 0.15) is 16.8 Å². The van der Waals surface area contributed by atoms with E-state index in [1.54, 1.807) is 0 Å². The van der Waals surface area contributed by atoms with E-state index in [1.807, 2.05) is 42.6 Å². The lowest BCUT2D eigenvalue weighted by Crippen LogP contribution is -2.17. The molecular formula is C15H18N2O. The third-order valence-electron chi connectivity index (χ3n) is 2.78. The van der Waals surface area contributed by atoms with Gasteiger partial charge in [0.1, 0.15) is 0 Å². The molecule has 0 amide bonds. The van der Waals surface area contributed by atoms with Crippen LogP contribution in [0.4, 0.5) is 0 Å². The fraction of sp³-hybridized carbons (Fsp3) is 0.267. The van der Waals surface area contributed by atoms with Crippen LogP contribution in [0.2, 0.25) is 0 Å².